The van der Waals surface area contributed by atoms with Gasteiger partial charge in [-0.1, -0.05) is 92.7 Å². The molecule has 0 radical (unpaired) electrons. The molecule has 9 nitrogen and oxygen atoms in total. The number of quaternary nitrogens is 1. The topological polar surface area (TPSA) is 147 Å². The number of esters is 2. The molecule has 0 fully saturated rings. The third-order valence-electron chi connectivity index (χ3n) is 5.10. The van der Waals surface area contributed by atoms with Gasteiger partial charge in [-0.15, -0.1) is 0 Å². The van der Waals surface area contributed by atoms with Crippen LogP contribution in [0.3, 0.4) is 0 Å². The number of amides is 1. The van der Waals surface area contributed by atoms with Crippen molar-refractivity contribution in [1.82, 2.24) is 5.32 Å². The summed E-state index contributed by atoms with van der Waals surface area (Å²) in [5.74, 6) is -2.09. The van der Waals surface area contributed by atoms with E-state index in [2.05, 4.69) is 20.5 Å². The number of hydrogen-bond acceptors (Lipinski definition) is 7. The Morgan fingerprint density at radius 1 is 0.718 bits per heavy atom. The smallest absolute Gasteiger partial charge is 0.373 e. The minimum atomic E-state index is -1.19. The Morgan fingerprint density at radius 3 is 1.56 bits per heavy atom. The summed E-state index contributed by atoms with van der Waals surface area (Å²) in [6, 6.07) is 23.5. The standard InChI is InChI=1S/C17H17NO4.C10H11NO3.C2H6.ClH/c1-22-17(21)14(15(19)12-8-4-2-5-9-12)18-16(20)13-10-6-3-7-11-13;1-14-10(13)8(11)9(12)7-5-3-2-4-6-7;1-2;/h2-11,14-15,19H,1H3,(H,18,20);2-6,8H,11H2,1H3;1-2H3;1H/t14-,15-;;;/m0.../s1. The van der Waals surface area contributed by atoms with E-state index in [1.807, 2.05) is 13.8 Å². The Kier molecular flexibility index (Phi) is 17.1. The molecule has 210 valence electrons. The van der Waals surface area contributed by atoms with Gasteiger partial charge in [-0.2, -0.15) is 0 Å². The average molecular weight is 559 g/mol. The molecule has 0 heterocycles. The molecule has 0 aliphatic carbocycles. The number of ether oxygens (including phenoxy) is 2. The van der Waals surface area contributed by atoms with Crippen LogP contribution in [-0.4, -0.2) is 55.0 Å². The first-order valence-corrected chi connectivity index (χ1v) is 12.0. The molecule has 1 amide bonds. The van der Waals surface area contributed by atoms with Crippen LogP contribution in [-0.2, 0) is 19.1 Å². The lowest BCUT2D eigenvalue weighted by Crippen LogP contribution is -3.00. The van der Waals surface area contributed by atoms with Crippen LogP contribution in [0.15, 0.2) is 91.0 Å². The van der Waals surface area contributed by atoms with Crippen LogP contribution in [0.2, 0.25) is 0 Å². The summed E-state index contributed by atoms with van der Waals surface area (Å²) >= 11 is 0. The van der Waals surface area contributed by atoms with E-state index in [4.69, 9.17) is 0 Å². The summed E-state index contributed by atoms with van der Waals surface area (Å²) < 4.78 is 9.11. The lowest BCUT2D eigenvalue weighted by Gasteiger charge is -2.22. The number of rotatable bonds is 8. The highest BCUT2D eigenvalue weighted by atomic mass is 35.5. The summed E-state index contributed by atoms with van der Waals surface area (Å²) in [6.07, 6.45) is -1.19. The van der Waals surface area contributed by atoms with Crippen LogP contribution < -0.4 is 23.5 Å². The fraction of sp³-hybridized carbons (Fsp3) is 0.241. The van der Waals surface area contributed by atoms with Crippen LogP contribution in [0.5, 0.6) is 0 Å². The third kappa shape index (κ3) is 11.1. The Balaban J connectivity index is 0.000000737. The highest BCUT2D eigenvalue weighted by molar-refractivity contribution is 6.10. The van der Waals surface area contributed by atoms with E-state index in [1.165, 1.54) is 14.2 Å². The summed E-state index contributed by atoms with van der Waals surface area (Å²) in [5, 5.41) is 12.9. The zero-order valence-electron chi connectivity index (χ0n) is 22.4. The van der Waals surface area contributed by atoms with Crippen molar-refractivity contribution in [3.05, 3.63) is 108 Å². The summed E-state index contributed by atoms with van der Waals surface area (Å²) in [5.41, 5.74) is 4.85. The van der Waals surface area contributed by atoms with Crippen LogP contribution in [0.1, 0.15) is 46.2 Å². The van der Waals surface area contributed by atoms with Crippen molar-refractivity contribution < 1.29 is 51.9 Å². The molecule has 0 aromatic heterocycles. The number of aliphatic hydroxyl groups is 1. The Labute approximate surface area is 234 Å². The van der Waals surface area contributed by atoms with Crippen LogP contribution in [0.25, 0.3) is 0 Å². The Morgan fingerprint density at radius 2 is 1.13 bits per heavy atom. The monoisotopic (exact) mass is 558 g/mol. The van der Waals surface area contributed by atoms with Gasteiger partial charge >= 0.3 is 11.9 Å². The molecular formula is C29H35ClN2O7. The van der Waals surface area contributed by atoms with Crippen molar-refractivity contribution in [2.24, 2.45) is 0 Å². The summed E-state index contributed by atoms with van der Waals surface area (Å²) in [6.45, 7) is 4.00. The van der Waals surface area contributed by atoms with Gasteiger partial charge in [0, 0.05) is 11.1 Å². The van der Waals surface area contributed by atoms with Crippen LogP contribution in [0.4, 0.5) is 0 Å². The van der Waals surface area contributed by atoms with Gasteiger partial charge in [-0.05, 0) is 17.7 Å². The number of ketones is 1. The molecule has 3 rings (SSSR count). The van der Waals surface area contributed by atoms with E-state index >= 15 is 0 Å². The van der Waals surface area contributed by atoms with Crippen LogP contribution in [0, 0.1) is 0 Å². The quantitative estimate of drug-likeness (QED) is 0.190. The molecule has 3 aromatic carbocycles. The first-order valence-electron chi connectivity index (χ1n) is 12.0. The van der Waals surface area contributed by atoms with Crippen molar-refractivity contribution in [3.8, 4) is 0 Å². The molecule has 3 atom stereocenters. The third-order valence-corrected chi connectivity index (χ3v) is 5.10. The second-order valence-electron chi connectivity index (χ2n) is 7.50. The van der Waals surface area contributed by atoms with Gasteiger partial charge in [0.05, 0.1) is 14.2 Å². The van der Waals surface area contributed by atoms with Crippen molar-refractivity contribution in [2.45, 2.75) is 32.0 Å². The zero-order chi connectivity index (χ0) is 28.5. The molecule has 1 unspecified atom stereocenters. The highest BCUT2D eigenvalue weighted by Gasteiger charge is 2.31. The van der Waals surface area contributed by atoms with Gasteiger partial charge in [0.1, 0.15) is 6.10 Å². The number of aliphatic hydroxyl groups excluding tert-OH is 1. The largest absolute Gasteiger partial charge is 1.00 e. The molecule has 0 bridgehead atoms. The molecule has 0 saturated heterocycles. The number of methoxy groups -OCH3 is 2. The van der Waals surface area contributed by atoms with Gasteiger partial charge < -0.3 is 38.0 Å². The maximum atomic E-state index is 12.2. The normalized spacial score (nSPS) is 11.7. The van der Waals surface area contributed by atoms with Gasteiger partial charge in [0.25, 0.3) is 5.91 Å². The minimum Gasteiger partial charge on any atom is -1.00 e. The van der Waals surface area contributed by atoms with Gasteiger partial charge in [-0.25, -0.2) is 9.59 Å². The molecule has 3 aromatic rings. The number of hydrogen-bond donors (Lipinski definition) is 3. The molecule has 0 saturated carbocycles. The summed E-state index contributed by atoms with van der Waals surface area (Å²) in [7, 11) is 2.44. The SMILES string of the molecule is CC.COC(=O)C([NH3+])C(=O)c1ccccc1.COC(=O)[C@@H](NC(=O)c1ccccc1)[C@@H](O)c1ccccc1.[Cl-]. The molecular weight excluding hydrogens is 524 g/mol. The van der Waals surface area contributed by atoms with Crippen molar-refractivity contribution >= 4 is 23.6 Å². The maximum absolute atomic E-state index is 12.2. The van der Waals surface area contributed by atoms with E-state index in [0.29, 0.717) is 16.7 Å². The lowest BCUT2D eigenvalue weighted by molar-refractivity contribution is -0.388. The number of nitrogens with one attached hydrogen (secondary N) is 1. The van der Waals surface area contributed by atoms with E-state index in [9.17, 15) is 24.3 Å². The molecule has 0 aliphatic heterocycles. The number of Topliss-reactive ketones (excluding diaryl/α,β-unsaturated/α-hetero) is 1. The first-order chi connectivity index (χ1) is 18.3. The highest BCUT2D eigenvalue weighted by Crippen LogP contribution is 2.18. The van der Waals surface area contributed by atoms with Crippen LogP contribution >= 0.6 is 0 Å². The van der Waals surface area contributed by atoms with E-state index < -0.39 is 36.0 Å². The molecule has 5 N–H and O–H groups in total. The predicted octanol–water partition coefficient (Wildman–Crippen LogP) is -0.625. The molecule has 0 spiro atoms. The zero-order valence-corrected chi connectivity index (χ0v) is 23.1. The molecule has 10 heteroatoms. The summed E-state index contributed by atoms with van der Waals surface area (Å²) in [4.78, 5) is 46.7. The fourth-order valence-corrected chi connectivity index (χ4v) is 3.10. The number of halogens is 1. The second-order valence-corrected chi connectivity index (χ2v) is 7.50. The number of benzene rings is 3. The van der Waals surface area contributed by atoms with Gasteiger partial charge in [-0.3, -0.25) is 9.59 Å². The van der Waals surface area contributed by atoms with Gasteiger partial charge in [0.15, 0.2) is 6.04 Å². The van der Waals surface area contributed by atoms with E-state index in [1.54, 1.807) is 91.0 Å². The maximum Gasteiger partial charge on any atom is 0.373 e. The molecule has 0 aliphatic rings. The first kappa shape index (κ1) is 35.0. The van der Waals surface area contributed by atoms with Gasteiger partial charge in [0.2, 0.25) is 11.8 Å². The van der Waals surface area contributed by atoms with E-state index in [0.717, 1.165) is 0 Å². The second kappa shape index (κ2) is 19.1. The van der Waals surface area contributed by atoms with Crippen molar-refractivity contribution in [2.75, 3.05) is 14.2 Å². The van der Waals surface area contributed by atoms with Crippen molar-refractivity contribution in [1.29, 1.82) is 0 Å². The lowest BCUT2D eigenvalue weighted by atomic mass is 10.0. The van der Waals surface area contributed by atoms with E-state index in [-0.39, 0.29) is 18.2 Å². The average Bonchev–Trinajstić information content (AvgIpc) is 3.00. The minimum absolute atomic E-state index is 0. The Bertz CT molecular complexity index is 1150. The Hall–Kier alpha value is -4.05. The molecule has 39 heavy (non-hydrogen) atoms. The number of carbonyl (C=O) groups excluding carboxylic acids is 4. The predicted molar refractivity (Wildman–Crippen MR) is 142 cm³/mol. The fourth-order valence-electron chi connectivity index (χ4n) is 3.10. The number of carbonyl (C=O) groups is 4. The van der Waals surface area contributed by atoms with Crippen molar-refractivity contribution in [3.63, 3.8) is 0 Å².